The number of nitrogens with one attached hydrogen (secondary N) is 2. The molecule has 0 radical (unpaired) electrons. The molecule has 0 aliphatic rings. The van der Waals surface area contributed by atoms with Gasteiger partial charge in [0, 0.05) is 37.2 Å². The van der Waals surface area contributed by atoms with Gasteiger partial charge in [-0.15, -0.1) is 0 Å². The summed E-state index contributed by atoms with van der Waals surface area (Å²) in [6.07, 6.45) is 5.62. The maximum atomic E-state index is 5.24. The molecule has 3 aromatic rings. The highest BCUT2D eigenvalue weighted by molar-refractivity contribution is 5.32. The Bertz CT molecular complexity index is 759. The second-order valence-electron chi connectivity index (χ2n) is 5.50. The molecule has 0 aliphatic carbocycles. The second kappa shape index (κ2) is 6.66. The van der Waals surface area contributed by atoms with Crippen molar-refractivity contribution < 1.29 is 4.74 Å². The van der Waals surface area contributed by atoms with Gasteiger partial charge in [-0.25, -0.2) is 4.98 Å². The number of H-pyrrole nitrogens is 1. The van der Waals surface area contributed by atoms with E-state index < -0.39 is 0 Å². The molecule has 23 heavy (non-hydrogen) atoms. The first-order valence-corrected chi connectivity index (χ1v) is 7.52. The Balaban J connectivity index is 1.87. The van der Waals surface area contributed by atoms with E-state index in [0.29, 0.717) is 6.54 Å². The quantitative estimate of drug-likeness (QED) is 0.733. The lowest BCUT2D eigenvalue weighted by Crippen LogP contribution is -2.25. The monoisotopic (exact) mass is 311 g/mol. The van der Waals surface area contributed by atoms with Crippen LogP contribution in [0.15, 0.2) is 42.9 Å². The molecule has 6 heteroatoms. The minimum atomic E-state index is -0.00444. The predicted molar refractivity (Wildman–Crippen MR) is 88.2 cm³/mol. The molecule has 0 unspecified atom stereocenters. The van der Waals surface area contributed by atoms with Gasteiger partial charge in [-0.2, -0.15) is 5.10 Å². The van der Waals surface area contributed by atoms with Crippen LogP contribution in [0.1, 0.15) is 28.7 Å². The Morgan fingerprint density at radius 3 is 2.65 bits per heavy atom. The fourth-order valence-corrected chi connectivity index (χ4v) is 2.58. The molecule has 1 aromatic carbocycles. The van der Waals surface area contributed by atoms with Crippen molar-refractivity contribution in [2.75, 3.05) is 7.11 Å². The van der Waals surface area contributed by atoms with Crippen molar-refractivity contribution in [3.63, 3.8) is 0 Å². The number of hydrogen-bond donors (Lipinski definition) is 2. The zero-order valence-corrected chi connectivity index (χ0v) is 13.6. The van der Waals surface area contributed by atoms with Crippen LogP contribution in [0, 0.1) is 6.92 Å². The van der Waals surface area contributed by atoms with E-state index in [9.17, 15) is 0 Å². The Labute approximate surface area is 135 Å². The highest BCUT2D eigenvalue weighted by atomic mass is 16.5. The van der Waals surface area contributed by atoms with Crippen molar-refractivity contribution in [1.82, 2.24) is 25.1 Å². The molecule has 120 valence electrons. The van der Waals surface area contributed by atoms with E-state index in [1.165, 1.54) is 0 Å². The van der Waals surface area contributed by atoms with Crippen molar-refractivity contribution in [1.29, 1.82) is 0 Å². The van der Waals surface area contributed by atoms with Gasteiger partial charge < -0.3 is 9.30 Å². The summed E-state index contributed by atoms with van der Waals surface area (Å²) in [6.45, 7) is 2.74. The lowest BCUT2D eigenvalue weighted by molar-refractivity contribution is 0.414. The third-order valence-corrected chi connectivity index (χ3v) is 4.00. The van der Waals surface area contributed by atoms with Gasteiger partial charge in [-0.3, -0.25) is 10.4 Å². The SMILES string of the molecule is COc1ccc([C@@H](NCc2cn[nH]c2C)c2nccn2C)cc1. The minimum absolute atomic E-state index is 0.00444. The molecule has 2 aromatic heterocycles. The fourth-order valence-electron chi connectivity index (χ4n) is 2.58. The average Bonchev–Trinajstić information content (AvgIpc) is 3.17. The van der Waals surface area contributed by atoms with Crippen LogP contribution < -0.4 is 10.1 Å². The van der Waals surface area contributed by atoms with E-state index >= 15 is 0 Å². The molecule has 1 atom stereocenters. The Hall–Kier alpha value is -2.60. The molecule has 0 spiro atoms. The van der Waals surface area contributed by atoms with Gasteiger partial charge in [0.15, 0.2) is 0 Å². The number of aryl methyl sites for hydroxylation is 2. The number of ether oxygens (including phenoxy) is 1. The molecule has 0 fully saturated rings. The predicted octanol–water partition coefficient (Wildman–Crippen LogP) is 2.34. The summed E-state index contributed by atoms with van der Waals surface area (Å²) in [5.41, 5.74) is 3.37. The van der Waals surface area contributed by atoms with Crippen LogP contribution in [0.3, 0.4) is 0 Å². The van der Waals surface area contributed by atoms with Crippen molar-refractivity contribution >= 4 is 0 Å². The van der Waals surface area contributed by atoms with Crippen LogP contribution in [-0.4, -0.2) is 26.9 Å². The van der Waals surface area contributed by atoms with Gasteiger partial charge in [-0.1, -0.05) is 12.1 Å². The van der Waals surface area contributed by atoms with Crippen LogP contribution >= 0.6 is 0 Å². The lowest BCUT2D eigenvalue weighted by atomic mass is 10.1. The molecular formula is C17H21N5O. The van der Waals surface area contributed by atoms with E-state index in [4.69, 9.17) is 4.74 Å². The highest BCUT2D eigenvalue weighted by Gasteiger charge is 2.18. The van der Waals surface area contributed by atoms with E-state index in [-0.39, 0.29) is 6.04 Å². The summed E-state index contributed by atoms with van der Waals surface area (Å²) in [4.78, 5) is 4.50. The number of hydrogen-bond acceptors (Lipinski definition) is 4. The number of imidazole rings is 1. The Kier molecular flexibility index (Phi) is 4.43. The maximum Gasteiger partial charge on any atom is 0.130 e. The number of rotatable bonds is 6. The van der Waals surface area contributed by atoms with Crippen LogP contribution in [0.25, 0.3) is 0 Å². The van der Waals surface area contributed by atoms with Crippen molar-refractivity contribution in [3.8, 4) is 5.75 Å². The third-order valence-electron chi connectivity index (χ3n) is 4.00. The van der Waals surface area contributed by atoms with Crippen LogP contribution in [0.2, 0.25) is 0 Å². The second-order valence-corrected chi connectivity index (χ2v) is 5.50. The fraction of sp³-hybridized carbons (Fsp3) is 0.294. The molecule has 0 saturated heterocycles. The topological polar surface area (TPSA) is 67.8 Å². The van der Waals surface area contributed by atoms with Gasteiger partial charge in [-0.05, 0) is 24.6 Å². The summed E-state index contributed by atoms with van der Waals surface area (Å²) in [7, 11) is 3.68. The average molecular weight is 311 g/mol. The molecule has 0 amide bonds. The van der Waals surface area contributed by atoms with Gasteiger partial charge in [0.2, 0.25) is 0 Å². The first-order valence-electron chi connectivity index (χ1n) is 7.52. The minimum Gasteiger partial charge on any atom is -0.497 e. The summed E-state index contributed by atoms with van der Waals surface area (Å²) in [6, 6.07) is 8.06. The zero-order valence-electron chi connectivity index (χ0n) is 13.6. The van der Waals surface area contributed by atoms with Gasteiger partial charge >= 0.3 is 0 Å². The van der Waals surface area contributed by atoms with E-state index in [1.807, 2.05) is 49.3 Å². The smallest absolute Gasteiger partial charge is 0.130 e. The number of benzene rings is 1. The van der Waals surface area contributed by atoms with Crippen molar-refractivity contribution in [2.45, 2.75) is 19.5 Å². The Morgan fingerprint density at radius 2 is 2.09 bits per heavy atom. The first kappa shape index (κ1) is 15.3. The maximum absolute atomic E-state index is 5.24. The molecule has 2 heterocycles. The van der Waals surface area contributed by atoms with Gasteiger partial charge in [0.05, 0.1) is 19.3 Å². The zero-order chi connectivity index (χ0) is 16.2. The highest BCUT2D eigenvalue weighted by Crippen LogP contribution is 2.23. The summed E-state index contributed by atoms with van der Waals surface area (Å²) < 4.78 is 7.28. The van der Waals surface area contributed by atoms with Crippen molar-refractivity contribution in [2.24, 2.45) is 7.05 Å². The number of aromatic amines is 1. The standard InChI is InChI=1S/C17H21N5O/c1-12-14(11-20-21-12)10-19-16(17-18-8-9-22(17)2)13-4-6-15(23-3)7-5-13/h4-9,11,16,19H,10H2,1-3H3,(H,20,21)/t16-/m1/s1. The van der Waals surface area contributed by atoms with Gasteiger partial charge in [0.25, 0.3) is 0 Å². The van der Waals surface area contributed by atoms with E-state index in [0.717, 1.165) is 28.4 Å². The van der Waals surface area contributed by atoms with Crippen LogP contribution in [0.5, 0.6) is 5.75 Å². The molecule has 0 aliphatic heterocycles. The molecule has 0 saturated carbocycles. The van der Waals surface area contributed by atoms with Crippen LogP contribution in [-0.2, 0) is 13.6 Å². The first-order chi connectivity index (χ1) is 11.2. The molecule has 6 nitrogen and oxygen atoms in total. The third kappa shape index (κ3) is 3.27. The summed E-state index contributed by atoms with van der Waals surface area (Å²) >= 11 is 0. The normalized spacial score (nSPS) is 12.3. The Morgan fingerprint density at radius 1 is 1.30 bits per heavy atom. The number of methoxy groups -OCH3 is 1. The largest absolute Gasteiger partial charge is 0.497 e. The van der Waals surface area contributed by atoms with Crippen molar-refractivity contribution in [3.05, 3.63) is 65.5 Å². The van der Waals surface area contributed by atoms with Crippen LogP contribution in [0.4, 0.5) is 0 Å². The summed E-state index contributed by atoms with van der Waals surface area (Å²) in [5, 5.41) is 10.6. The molecule has 0 bridgehead atoms. The van der Waals surface area contributed by atoms with E-state index in [1.54, 1.807) is 7.11 Å². The lowest BCUT2D eigenvalue weighted by Gasteiger charge is -2.19. The van der Waals surface area contributed by atoms with E-state index in [2.05, 4.69) is 32.6 Å². The van der Waals surface area contributed by atoms with Gasteiger partial charge in [0.1, 0.15) is 11.6 Å². The number of nitrogens with zero attached hydrogens (tertiary/aromatic N) is 3. The molecule has 2 N–H and O–H groups in total. The number of aromatic nitrogens is 4. The summed E-state index contributed by atoms with van der Waals surface area (Å²) in [5.74, 6) is 1.81. The molecule has 3 rings (SSSR count). The molecular weight excluding hydrogens is 290 g/mol.